The van der Waals surface area contributed by atoms with Gasteiger partial charge in [0.1, 0.15) is 5.76 Å². The Morgan fingerprint density at radius 3 is 2.81 bits per heavy atom. The average Bonchev–Trinajstić information content (AvgIpc) is 3.45. The van der Waals surface area contributed by atoms with E-state index >= 15 is 0 Å². The molecule has 2 amide bonds. The van der Waals surface area contributed by atoms with Gasteiger partial charge in [-0.25, -0.2) is 0 Å². The van der Waals surface area contributed by atoms with Gasteiger partial charge in [-0.15, -0.1) is 0 Å². The molecule has 32 heavy (non-hydrogen) atoms. The van der Waals surface area contributed by atoms with Crippen LogP contribution in [0, 0.1) is 11.8 Å². The van der Waals surface area contributed by atoms with E-state index in [0.717, 1.165) is 43.6 Å². The molecule has 0 unspecified atom stereocenters. The highest BCUT2D eigenvalue weighted by Gasteiger charge is 2.36. The summed E-state index contributed by atoms with van der Waals surface area (Å²) in [4.78, 5) is 39.6. The molecule has 2 fully saturated rings. The second-order valence-electron chi connectivity index (χ2n) is 9.65. The number of furan rings is 1. The lowest BCUT2D eigenvalue weighted by atomic mass is 9.83. The summed E-state index contributed by atoms with van der Waals surface area (Å²) < 4.78 is 7.34. The van der Waals surface area contributed by atoms with Crippen LogP contribution in [0.2, 0.25) is 0 Å². The maximum absolute atomic E-state index is 12.9. The fraction of sp³-hybridized carbons (Fsp3) is 0.560. The van der Waals surface area contributed by atoms with Gasteiger partial charge in [-0.05, 0) is 49.3 Å². The van der Waals surface area contributed by atoms with Crippen molar-refractivity contribution in [1.82, 2.24) is 14.8 Å². The summed E-state index contributed by atoms with van der Waals surface area (Å²) in [6, 6.07) is 9.46. The summed E-state index contributed by atoms with van der Waals surface area (Å²) in [5, 5.41) is 3.17. The highest BCUT2D eigenvalue weighted by Crippen LogP contribution is 2.35. The number of rotatable bonds is 6. The normalized spacial score (nSPS) is 26.6. The molecule has 2 aromatic heterocycles. The van der Waals surface area contributed by atoms with Gasteiger partial charge < -0.3 is 19.2 Å². The van der Waals surface area contributed by atoms with Crippen LogP contribution < -0.4 is 10.9 Å². The first-order valence-electron chi connectivity index (χ1n) is 11.9. The van der Waals surface area contributed by atoms with Crippen LogP contribution in [-0.2, 0) is 22.6 Å². The molecule has 1 saturated carbocycles. The van der Waals surface area contributed by atoms with Crippen molar-refractivity contribution >= 4 is 11.8 Å². The first-order valence-corrected chi connectivity index (χ1v) is 11.9. The summed E-state index contributed by atoms with van der Waals surface area (Å²) in [5.74, 6) is 1.87. The number of aromatic nitrogens is 1. The van der Waals surface area contributed by atoms with E-state index in [1.165, 1.54) is 0 Å². The third kappa shape index (κ3) is 4.38. The second kappa shape index (κ2) is 8.96. The van der Waals surface area contributed by atoms with Crippen LogP contribution in [0.4, 0.5) is 0 Å². The SMILES string of the molecule is O=C(CCC(=O)N1C[C@H]2C[C@@H](C1)c1cccc(=O)n1C2)N[C@H]1CCC[C@H]1Cc1ccco1. The maximum atomic E-state index is 12.9. The average molecular weight is 438 g/mol. The summed E-state index contributed by atoms with van der Waals surface area (Å²) in [6.45, 7) is 1.98. The van der Waals surface area contributed by atoms with Gasteiger partial charge in [0.05, 0.1) is 6.26 Å². The molecule has 2 aliphatic heterocycles. The zero-order chi connectivity index (χ0) is 22.1. The summed E-state index contributed by atoms with van der Waals surface area (Å²) in [7, 11) is 0. The molecule has 7 nitrogen and oxygen atoms in total. The van der Waals surface area contributed by atoms with Crippen LogP contribution in [-0.4, -0.2) is 40.4 Å². The van der Waals surface area contributed by atoms with Crippen LogP contribution in [0.3, 0.4) is 0 Å². The fourth-order valence-electron chi connectivity index (χ4n) is 5.92. The van der Waals surface area contributed by atoms with Gasteiger partial charge in [0.25, 0.3) is 5.56 Å². The number of carbonyl (C=O) groups is 2. The molecule has 170 valence electrons. The predicted molar refractivity (Wildman–Crippen MR) is 119 cm³/mol. The van der Waals surface area contributed by atoms with E-state index in [0.29, 0.717) is 31.5 Å². The van der Waals surface area contributed by atoms with Crippen molar-refractivity contribution in [2.24, 2.45) is 11.8 Å². The number of nitrogens with one attached hydrogen (secondary N) is 1. The molecular formula is C25H31N3O4. The number of amides is 2. The van der Waals surface area contributed by atoms with Crippen molar-refractivity contribution < 1.29 is 14.0 Å². The maximum Gasteiger partial charge on any atom is 0.250 e. The molecule has 5 rings (SSSR count). The van der Waals surface area contributed by atoms with Crippen LogP contribution >= 0.6 is 0 Å². The van der Waals surface area contributed by atoms with Crippen molar-refractivity contribution in [3.63, 3.8) is 0 Å². The number of carbonyl (C=O) groups excluding carboxylic acids is 2. The number of fused-ring (bicyclic) bond motifs is 4. The number of likely N-dealkylation sites (tertiary alicyclic amines) is 1. The van der Waals surface area contributed by atoms with Gasteiger partial charge in [0, 0.05) is 62.6 Å². The minimum atomic E-state index is -0.0382. The number of piperidine rings is 1. The Morgan fingerprint density at radius 2 is 1.97 bits per heavy atom. The predicted octanol–water partition coefficient (Wildman–Crippen LogP) is 2.69. The molecular weight excluding hydrogens is 406 g/mol. The Labute approximate surface area is 187 Å². The molecule has 1 aliphatic carbocycles. The van der Waals surface area contributed by atoms with Gasteiger partial charge >= 0.3 is 0 Å². The van der Waals surface area contributed by atoms with Crippen molar-refractivity contribution in [2.45, 2.75) is 63.5 Å². The molecule has 1 saturated heterocycles. The van der Waals surface area contributed by atoms with Crippen molar-refractivity contribution in [3.05, 3.63) is 58.4 Å². The highest BCUT2D eigenvalue weighted by atomic mass is 16.3. The lowest BCUT2D eigenvalue weighted by molar-refractivity contribution is -0.136. The van der Waals surface area contributed by atoms with E-state index in [-0.39, 0.29) is 42.2 Å². The Hall–Kier alpha value is -2.83. The third-order valence-corrected chi connectivity index (χ3v) is 7.45. The molecule has 4 atom stereocenters. The Bertz CT molecular complexity index is 1030. The van der Waals surface area contributed by atoms with Crippen molar-refractivity contribution in [2.75, 3.05) is 13.1 Å². The number of hydrogen-bond acceptors (Lipinski definition) is 4. The van der Waals surface area contributed by atoms with E-state index in [9.17, 15) is 14.4 Å². The van der Waals surface area contributed by atoms with Gasteiger partial charge in [0.2, 0.25) is 11.8 Å². The fourth-order valence-corrected chi connectivity index (χ4v) is 5.92. The topological polar surface area (TPSA) is 84.5 Å². The molecule has 1 N–H and O–H groups in total. The van der Waals surface area contributed by atoms with E-state index in [1.807, 2.05) is 33.7 Å². The molecule has 4 heterocycles. The monoisotopic (exact) mass is 437 g/mol. The summed E-state index contributed by atoms with van der Waals surface area (Å²) >= 11 is 0. The molecule has 7 heteroatoms. The Morgan fingerprint density at radius 1 is 1.06 bits per heavy atom. The van der Waals surface area contributed by atoms with Gasteiger partial charge in [-0.2, -0.15) is 0 Å². The minimum Gasteiger partial charge on any atom is -0.469 e. The Kier molecular flexibility index (Phi) is 5.89. The number of hydrogen-bond donors (Lipinski definition) is 1. The molecule has 0 aromatic carbocycles. The molecule has 3 aliphatic rings. The first-order chi connectivity index (χ1) is 15.6. The lowest BCUT2D eigenvalue weighted by Crippen LogP contribution is -2.49. The first kappa shape index (κ1) is 21.0. The molecule has 0 radical (unpaired) electrons. The second-order valence-corrected chi connectivity index (χ2v) is 9.65. The van der Waals surface area contributed by atoms with Gasteiger partial charge in [-0.1, -0.05) is 12.5 Å². The van der Waals surface area contributed by atoms with Crippen LogP contribution in [0.25, 0.3) is 0 Å². The smallest absolute Gasteiger partial charge is 0.250 e. The van der Waals surface area contributed by atoms with Crippen LogP contribution in [0.15, 0.2) is 45.8 Å². The summed E-state index contributed by atoms with van der Waals surface area (Å²) in [5.41, 5.74) is 1.08. The standard InChI is InChI=1S/C25H31N3O4/c29-23(26-21-6-1-4-18(21)13-20-5-3-11-32-20)9-10-24(30)27-14-17-12-19(16-27)22-7-2-8-25(31)28(22)15-17/h2-3,5,7-8,11,17-19,21H,1,4,6,9-10,12-16H2,(H,26,29)/t17-,18+,19+,21+/m1/s1. The lowest BCUT2D eigenvalue weighted by Gasteiger charge is -2.42. The molecule has 2 aromatic rings. The number of nitrogens with zero attached hydrogens (tertiary/aromatic N) is 2. The van der Waals surface area contributed by atoms with E-state index in [4.69, 9.17) is 4.42 Å². The minimum absolute atomic E-state index is 0.0382. The third-order valence-electron chi connectivity index (χ3n) is 7.45. The van der Waals surface area contributed by atoms with Gasteiger partial charge in [0.15, 0.2) is 0 Å². The van der Waals surface area contributed by atoms with E-state index < -0.39 is 0 Å². The van der Waals surface area contributed by atoms with Crippen molar-refractivity contribution in [3.8, 4) is 0 Å². The largest absolute Gasteiger partial charge is 0.469 e. The zero-order valence-corrected chi connectivity index (χ0v) is 18.4. The summed E-state index contributed by atoms with van der Waals surface area (Å²) in [6.07, 6.45) is 7.20. The quantitative estimate of drug-likeness (QED) is 0.753. The van der Waals surface area contributed by atoms with Gasteiger partial charge in [-0.3, -0.25) is 14.4 Å². The van der Waals surface area contributed by atoms with Crippen LogP contribution in [0.1, 0.15) is 55.9 Å². The highest BCUT2D eigenvalue weighted by molar-refractivity contribution is 5.84. The molecule has 0 spiro atoms. The number of pyridine rings is 1. The Balaban J connectivity index is 1.13. The van der Waals surface area contributed by atoms with E-state index in [1.54, 1.807) is 12.3 Å². The van der Waals surface area contributed by atoms with Crippen molar-refractivity contribution in [1.29, 1.82) is 0 Å². The zero-order valence-electron chi connectivity index (χ0n) is 18.4. The molecule has 2 bridgehead atoms. The van der Waals surface area contributed by atoms with Crippen LogP contribution in [0.5, 0.6) is 0 Å². The van der Waals surface area contributed by atoms with E-state index in [2.05, 4.69) is 5.32 Å².